The molecule has 1 N–H and O–H groups in total. The molecule has 0 bridgehead atoms. The number of thiophene rings is 1. The third-order valence-electron chi connectivity index (χ3n) is 4.11. The molecule has 0 radical (unpaired) electrons. The van der Waals surface area contributed by atoms with Gasteiger partial charge in [-0.15, -0.1) is 11.3 Å². The SMILES string of the molecule is Cc1sc2nc(SCC(=O)c3cc4cc(Br)ccc4o3)[nH]c(=O)c2c1C. The van der Waals surface area contributed by atoms with Crippen molar-refractivity contribution in [3.63, 3.8) is 0 Å². The van der Waals surface area contributed by atoms with E-state index in [1.54, 1.807) is 6.07 Å². The van der Waals surface area contributed by atoms with Crippen LogP contribution in [0.5, 0.6) is 0 Å². The summed E-state index contributed by atoms with van der Waals surface area (Å²) >= 11 is 6.09. The minimum absolute atomic E-state index is 0.138. The number of nitrogens with one attached hydrogen (secondary N) is 1. The number of furan rings is 1. The second-order valence-electron chi connectivity index (χ2n) is 5.84. The van der Waals surface area contributed by atoms with E-state index in [2.05, 4.69) is 25.9 Å². The first-order valence-electron chi connectivity index (χ1n) is 7.77. The lowest BCUT2D eigenvalue weighted by molar-refractivity contribution is 0.0994. The fraction of sp³-hybridized carbons (Fsp3) is 0.167. The summed E-state index contributed by atoms with van der Waals surface area (Å²) in [7, 11) is 0. The summed E-state index contributed by atoms with van der Waals surface area (Å²) < 4.78 is 6.54. The van der Waals surface area contributed by atoms with Crippen LogP contribution in [0.1, 0.15) is 21.0 Å². The third-order valence-corrected chi connectivity index (χ3v) is 6.58. The van der Waals surface area contributed by atoms with Gasteiger partial charge in [0.15, 0.2) is 10.9 Å². The first-order chi connectivity index (χ1) is 12.4. The number of halogens is 1. The van der Waals surface area contributed by atoms with E-state index in [0.29, 0.717) is 26.7 Å². The van der Waals surface area contributed by atoms with E-state index in [4.69, 9.17) is 4.42 Å². The molecule has 0 saturated carbocycles. The molecule has 0 fully saturated rings. The summed E-state index contributed by atoms with van der Waals surface area (Å²) in [4.78, 5) is 33.7. The highest BCUT2D eigenvalue weighted by Gasteiger charge is 2.16. The predicted octanol–water partition coefficient (Wildman–Crippen LogP) is 5.09. The number of aromatic nitrogens is 2. The van der Waals surface area contributed by atoms with Crippen LogP contribution in [0.15, 0.2) is 43.1 Å². The van der Waals surface area contributed by atoms with Crippen molar-refractivity contribution in [1.29, 1.82) is 0 Å². The van der Waals surface area contributed by atoms with E-state index in [0.717, 1.165) is 20.3 Å². The number of H-pyrrole nitrogens is 1. The number of nitrogens with zero attached hydrogens (tertiary/aromatic N) is 1. The number of aryl methyl sites for hydroxylation is 2. The number of benzene rings is 1. The zero-order valence-corrected chi connectivity index (χ0v) is 17.1. The summed E-state index contributed by atoms with van der Waals surface area (Å²) in [5.41, 5.74) is 1.46. The van der Waals surface area contributed by atoms with Gasteiger partial charge >= 0.3 is 0 Å². The highest BCUT2D eigenvalue weighted by atomic mass is 79.9. The number of rotatable bonds is 4. The van der Waals surface area contributed by atoms with Gasteiger partial charge in [-0.1, -0.05) is 27.7 Å². The van der Waals surface area contributed by atoms with E-state index in [1.165, 1.54) is 23.1 Å². The normalized spacial score (nSPS) is 11.5. The van der Waals surface area contributed by atoms with Crippen molar-refractivity contribution in [2.75, 3.05) is 5.75 Å². The molecule has 26 heavy (non-hydrogen) atoms. The molecular weight excluding hydrogens is 436 g/mol. The average molecular weight is 449 g/mol. The minimum atomic E-state index is -0.166. The zero-order chi connectivity index (χ0) is 18.4. The van der Waals surface area contributed by atoms with Gasteiger partial charge in [-0.25, -0.2) is 4.98 Å². The van der Waals surface area contributed by atoms with Gasteiger partial charge in [0.25, 0.3) is 5.56 Å². The van der Waals surface area contributed by atoms with Gasteiger partial charge in [0.1, 0.15) is 10.4 Å². The number of carbonyl (C=O) groups excluding carboxylic acids is 1. The first-order valence-corrected chi connectivity index (χ1v) is 10.4. The van der Waals surface area contributed by atoms with Crippen LogP contribution in [0, 0.1) is 13.8 Å². The topological polar surface area (TPSA) is 76.0 Å². The van der Waals surface area contributed by atoms with Crippen molar-refractivity contribution in [2.45, 2.75) is 19.0 Å². The molecule has 8 heteroatoms. The van der Waals surface area contributed by atoms with Crippen molar-refractivity contribution >= 4 is 66.0 Å². The Labute approximate surface area is 164 Å². The van der Waals surface area contributed by atoms with Crippen LogP contribution < -0.4 is 5.56 Å². The maximum atomic E-state index is 12.4. The van der Waals surface area contributed by atoms with E-state index < -0.39 is 0 Å². The number of carbonyl (C=O) groups is 1. The van der Waals surface area contributed by atoms with Gasteiger partial charge in [0.05, 0.1) is 11.1 Å². The number of hydrogen-bond donors (Lipinski definition) is 1. The smallest absolute Gasteiger partial charge is 0.260 e. The summed E-state index contributed by atoms with van der Waals surface area (Å²) in [5, 5.41) is 1.94. The second-order valence-corrected chi connectivity index (χ2v) is 8.92. The van der Waals surface area contributed by atoms with Gasteiger partial charge in [0, 0.05) is 14.7 Å². The third kappa shape index (κ3) is 3.13. The molecule has 4 rings (SSSR count). The summed E-state index contributed by atoms with van der Waals surface area (Å²) in [5.74, 6) is 0.291. The second kappa shape index (κ2) is 6.68. The van der Waals surface area contributed by atoms with Crippen LogP contribution in [-0.2, 0) is 0 Å². The van der Waals surface area contributed by atoms with Gasteiger partial charge in [-0.05, 0) is 43.7 Å². The Morgan fingerprint density at radius 1 is 1.35 bits per heavy atom. The molecule has 3 aromatic heterocycles. The molecule has 1 aromatic carbocycles. The minimum Gasteiger partial charge on any atom is -0.453 e. The summed E-state index contributed by atoms with van der Waals surface area (Å²) in [6, 6.07) is 7.31. The lowest BCUT2D eigenvalue weighted by Crippen LogP contribution is -2.10. The quantitative estimate of drug-likeness (QED) is 0.267. The van der Waals surface area contributed by atoms with Crippen LogP contribution in [-0.4, -0.2) is 21.5 Å². The van der Waals surface area contributed by atoms with Crippen molar-refractivity contribution in [2.24, 2.45) is 0 Å². The Morgan fingerprint density at radius 3 is 2.96 bits per heavy atom. The van der Waals surface area contributed by atoms with Crippen LogP contribution in [0.4, 0.5) is 0 Å². The van der Waals surface area contributed by atoms with Crippen molar-refractivity contribution in [3.8, 4) is 0 Å². The van der Waals surface area contributed by atoms with Gasteiger partial charge < -0.3 is 9.40 Å². The maximum absolute atomic E-state index is 12.4. The molecule has 5 nitrogen and oxygen atoms in total. The van der Waals surface area contributed by atoms with E-state index in [-0.39, 0.29) is 17.1 Å². The predicted molar refractivity (Wildman–Crippen MR) is 109 cm³/mol. The molecule has 0 atom stereocenters. The average Bonchev–Trinajstić information content (AvgIpc) is 3.13. The molecule has 0 saturated heterocycles. The molecule has 0 aliphatic carbocycles. The Morgan fingerprint density at radius 2 is 2.15 bits per heavy atom. The number of fused-ring (bicyclic) bond motifs is 2. The molecule has 3 heterocycles. The molecule has 0 unspecified atom stereocenters. The van der Waals surface area contributed by atoms with Gasteiger partial charge in [0.2, 0.25) is 5.78 Å². The standard InChI is InChI=1S/C18H13BrN2O3S2/c1-8-9(2)26-17-15(8)16(23)20-18(21-17)25-7-12(22)14-6-10-5-11(19)3-4-13(10)24-14/h3-6H,7H2,1-2H3,(H,20,21,23). The van der Waals surface area contributed by atoms with Crippen molar-refractivity contribution in [1.82, 2.24) is 9.97 Å². The molecule has 0 amide bonds. The highest BCUT2D eigenvalue weighted by Crippen LogP contribution is 2.28. The van der Waals surface area contributed by atoms with Crippen LogP contribution >= 0.6 is 39.0 Å². The molecule has 4 aromatic rings. The molecule has 0 aliphatic heterocycles. The first kappa shape index (κ1) is 17.5. The Kier molecular flexibility index (Phi) is 4.50. The van der Waals surface area contributed by atoms with E-state index in [1.807, 2.05) is 32.0 Å². The van der Waals surface area contributed by atoms with Crippen molar-refractivity contribution < 1.29 is 9.21 Å². The van der Waals surface area contributed by atoms with Gasteiger partial charge in [-0.2, -0.15) is 0 Å². The Bertz CT molecular complexity index is 1220. The number of Topliss-reactive ketones (excluding diaryl/α,β-unsaturated/α-hetero) is 1. The number of hydrogen-bond acceptors (Lipinski definition) is 6. The summed E-state index contributed by atoms with van der Waals surface area (Å²) in [6.45, 7) is 3.89. The van der Waals surface area contributed by atoms with Crippen LogP contribution in [0.2, 0.25) is 0 Å². The molecule has 0 spiro atoms. The monoisotopic (exact) mass is 448 g/mol. The largest absolute Gasteiger partial charge is 0.453 e. The van der Waals surface area contributed by atoms with Crippen LogP contribution in [0.3, 0.4) is 0 Å². The van der Waals surface area contributed by atoms with Gasteiger partial charge in [-0.3, -0.25) is 9.59 Å². The lowest BCUT2D eigenvalue weighted by Gasteiger charge is -1.99. The van der Waals surface area contributed by atoms with Crippen LogP contribution in [0.25, 0.3) is 21.2 Å². The summed E-state index contributed by atoms with van der Waals surface area (Å²) in [6.07, 6.45) is 0. The number of thioether (sulfide) groups is 1. The zero-order valence-electron chi connectivity index (χ0n) is 13.9. The number of aromatic amines is 1. The number of ketones is 1. The fourth-order valence-corrected chi connectivity index (χ4v) is 4.86. The molecule has 132 valence electrons. The molecule has 0 aliphatic rings. The maximum Gasteiger partial charge on any atom is 0.260 e. The Balaban J connectivity index is 1.57. The Hall–Kier alpha value is -1.90. The van der Waals surface area contributed by atoms with E-state index in [9.17, 15) is 9.59 Å². The fourth-order valence-electron chi connectivity index (χ4n) is 2.66. The van der Waals surface area contributed by atoms with Crippen molar-refractivity contribution in [3.05, 3.63) is 55.3 Å². The highest BCUT2D eigenvalue weighted by molar-refractivity contribution is 9.10. The van der Waals surface area contributed by atoms with E-state index >= 15 is 0 Å². The molecular formula is C18H13BrN2O3S2. The lowest BCUT2D eigenvalue weighted by atomic mass is 10.2.